The molecule has 0 saturated carbocycles. The number of benzene rings is 3. The molecule has 0 radical (unpaired) electrons. The molecule has 0 aliphatic rings. The molecule has 0 aliphatic carbocycles. The number of tetrazole rings is 1. The van der Waals surface area contributed by atoms with Crippen molar-refractivity contribution in [3.8, 4) is 11.5 Å². The Balaban J connectivity index is 1.12. The van der Waals surface area contributed by atoms with E-state index in [1.54, 1.807) is 0 Å². The van der Waals surface area contributed by atoms with E-state index in [2.05, 4.69) is 56.8 Å². The minimum Gasteiger partial charge on any atom is -0.489 e. The Bertz CT molecular complexity index is 1370. The van der Waals surface area contributed by atoms with Crippen LogP contribution >= 0.6 is 0 Å². The maximum atomic E-state index is 6.05. The Morgan fingerprint density at radius 3 is 2.54 bits per heavy atom. The van der Waals surface area contributed by atoms with Gasteiger partial charge in [0, 0.05) is 11.8 Å². The minimum atomic E-state index is 0.366. The lowest BCUT2D eigenvalue weighted by Gasteiger charge is -2.13. The third-order valence-electron chi connectivity index (χ3n) is 5.99. The molecule has 7 heteroatoms. The lowest BCUT2D eigenvalue weighted by atomic mass is 9.96. The number of nitrogens with one attached hydrogen (secondary N) is 1. The normalized spacial score (nSPS) is 11.9. The predicted octanol–water partition coefficient (Wildman–Crippen LogP) is 5.64. The average molecular weight is 466 g/mol. The summed E-state index contributed by atoms with van der Waals surface area (Å²) in [5.41, 5.74) is 4.20. The van der Waals surface area contributed by atoms with Crippen molar-refractivity contribution < 1.29 is 9.47 Å². The zero-order valence-corrected chi connectivity index (χ0v) is 19.6. The number of rotatable bonds is 10. The van der Waals surface area contributed by atoms with Gasteiger partial charge >= 0.3 is 0 Å². The summed E-state index contributed by atoms with van der Waals surface area (Å²) < 4.78 is 12.0. The maximum Gasteiger partial charge on any atom is 0.174 e. The maximum absolute atomic E-state index is 6.05. The summed E-state index contributed by atoms with van der Waals surface area (Å²) in [6.07, 6.45) is 1.73. The zero-order chi connectivity index (χ0) is 23.9. The third-order valence-corrected chi connectivity index (χ3v) is 5.99. The van der Waals surface area contributed by atoms with Gasteiger partial charge in [0.1, 0.15) is 24.7 Å². The Hall–Kier alpha value is -4.26. The van der Waals surface area contributed by atoms with Crippen LogP contribution in [0.5, 0.6) is 11.5 Å². The van der Waals surface area contributed by atoms with Crippen LogP contribution in [0.25, 0.3) is 10.9 Å². The van der Waals surface area contributed by atoms with Gasteiger partial charge in [-0.05, 0) is 59.9 Å². The van der Waals surface area contributed by atoms with Crippen molar-refractivity contribution in [1.82, 2.24) is 25.6 Å². The van der Waals surface area contributed by atoms with E-state index in [-0.39, 0.29) is 0 Å². The molecule has 0 bridgehead atoms. The van der Waals surface area contributed by atoms with E-state index in [4.69, 9.17) is 9.47 Å². The van der Waals surface area contributed by atoms with Gasteiger partial charge in [-0.1, -0.05) is 60.7 Å². The fourth-order valence-corrected chi connectivity index (χ4v) is 3.91. The van der Waals surface area contributed by atoms with E-state index in [0.29, 0.717) is 19.1 Å². The molecule has 7 nitrogen and oxygen atoms in total. The van der Waals surface area contributed by atoms with Crippen molar-refractivity contribution >= 4 is 10.9 Å². The van der Waals surface area contributed by atoms with Gasteiger partial charge in [0.05, 0.1) is 11.2 Å². The van der Waals surface area contributed by atoms with Crippen molar-refractivity contribution in [1.29, 1.82) is 0 Å². The fraction of sp³-hybridized carbons (Fsp3) is 0.214. The average Bonchev–Trinajstić information content (AvgIpc) is 3.44. The van der Waals surface area contributed by atoms with Crippen molar-refractivity contribution in [2.45, 2.75) is 38.9 Å². The topological polar surface area (TPSA) is 85.8 Å². The van der Waals surface area contributed by atoms with Gasteiger partial charge in [0.25, 0.3) is 0 Å². The molecule has 5 rings (SSSR count). The summed E-state index contributed by atoms with van der Waals surface area (Å²) in [5, 5.41) is 15.3. The zero-order valence-electron chi connectivity index (χ0n) is 19.6. The molecule has 0 aliphatic heterocycles. The molecular formula is C28H27N5O2. The second-order valence-corrected chi connectivity index (χ2v) is 8.56. The van der Waals surface area contributed by atoms with Crippen LogP contribution in [0, 0.1) is 0 Å². The molecule has 2 aromatic heterocycles. The molecule has 2 heterocycles. The van der Waals surface area contributed by atoms with Crippen LogP contribution in [0.1, 0.15) is 41.9 Å². The number of aromatic amines is 1. The first kappa shape index (κ1) is 22.5. The molecule has 0 fully saturated rings. The highest BCUT2D eigenvalue weighted by Gasteiger charge is 2.09. The van der Waals surface area contributed by atoms with Crippen LogP contribution in [0.2, 0.25) is 0 Å². The fourth-order valence-electron chi connectivity index (χ4n) is 3.91. The monoisotopic (exact) mass is 465 g/mol. The SMILES string of the molecule is CC(CCc1nn[nH]n1)c1cccc(OCc2ccc(OCc3ccc4ccccc4n3)cc2)c1. The Kier molecular flexibility index (Phi) is 6.94. The number of ether oxygens (including phenoxy) is 2. The summed E-state index contributed by atoms with van der Waals surface area (Å²) >= 11 is 0. The summed E-state index contributed by atoms with van der Waals surface area (Å²) in [5.74, 6) is 2.77. The number of nitrogens with zero attached hydrogens (tertiary/aromatic N) is 4. The lowest BCUT2D eigenvalue weighted by molar-refractivity contribution is 0.298. The molecule has 0 spiro atoms. The van der Waals surface area contributed by atoms with Crippen molar-refractivity contribution in [2.24, 2.45) is 0 Å². The van der Waals surface area contributed by atoms with E-state index in [0.717, 1.165) is 52.3 Å². The van der Waals surface area contributed by atoms with Gasteiger partial charge in [-0.15, -0.1) is 10.2 Å². The highest BCUT2D eigenvalue weighted by atomic mass is 16.5. The van der Waals surface area contributed by atoms with E-state index in [9.17, 15) is 0 Å². The quantitative estimate of drug-likeness (QED) is 0.287. The lowest BCUT2D eigenvalue weighted by Crippen LogP contribution is -2.00. The highest BCUT2D eigenvalue weighted by molar-refractivity contribution is 5.78. The number of hydrogen-bond acceptors (Lipinski definition) is 6. The summed E-state index contributed by atoms with van der Waals surface area (Å²) in [4.78, 5) is 4.66. The number of fused-ring (bicyclic) bond motifs is 1. The molecule has 1 atom stereocenters. The Morgan fingerprint density at radius 1 is 0.829 bits per heavy atom. The van der Waals surface area contributed by atoms with Crippen molar-refractivity contribution in [3.05, 3.63) is 108 Å². The Labute approximate surface area is 204 Å². The van der Waals surface area contributed by atoms with Crippen LogP contribution in [-0.4, -0.2) is 25.6 Å². The van der Waals surface area contributed by atoms with Gasteiger partial charge in [0.15, 0.2) is 5.82 Å². The van der Waals surface area contributed by atoms with Gasteiger partial charge in [-0.25, -0.2) is 4.98 Å². The molecule has 176 valence electrons. The minimum absolute atomic E-state index is 0.366. The van der Waals surface area contributed by atoms with Gasteiger partial charge in [-0.2, -0.15) is 5.21 Å². The summed E-state index contributed by atoms with van der Waals surface area (Å²) in [7, 11) is 0. The molecule has 5 aromatic rings. The van der Waals surface area contributed by atoms with E-state index < -0.39 is 0 Å². The number of pyridine rings is 1. The smallest absolute Gasteiger partial charge is 0.174 e. The Morgan fingerprint density at radius 2 is 1.69 bits per heavy atom. The van der Waals surface area contributed by atoms with Crippen molar-refractivity contribution in [2.75, 3.05) is 0 Å². The van der Waals surface area contributed by atoms with E-state index in [1.165, 1.54) is 5.56 Å². The summed E-state index contributed by atoms with van der Waals surface area (Å²) in [6, 6.07) is 28.4. The van der Waals surface area contributed by atoms with Crippen molar-refractivity contribution in [3.63, 3.8) is 0 Å². The largest absolute Gasteiger partial charge is 0.489 e. The van der Waals surface area contributed by atoms with Gasteiger partial charge < -0.3 is 9.47 Å². The first-order chi connectivity index (χ1) is 17.2. The van der Waals surface area contributed by atoms with Crippen LogP contribution < -0.4 is 9.47 Å². The first-order valence-electron chi connectivity index (χ1n) is 11.7. The number of aromatic nitrogens is 5. The van der Waals surface area contributed by atoms with Crippen LogP contribution in [0.3, 0.4) is 0 Å². The highest BCUT2D eigenvalue weighted by Crippen LogP contribution is 2.25. The molecule has 0 amide bonds. The number of aryl methyl sites for hydroxylation is 1. The molecule has 35 heavy (non-hydrogen) atoms. The van der Waals surface area contributed by atoms with E-state index >= 15 is 0 Å². The van der Waals surface area contributed by atoms with Gasteiger partial charge in [0.2, 0.25) is 0 Å². The predicted molar refractivity (Wildman–Crippen MR) is 134 cm³/mol. The molecule has 1 unspecified atom stereocenters. The van der Waals surface area contributed by atoms with Gasteiger partial charge in [-0.3, -0.25) is 0 Å². The third kappa shape index (κ3) is 6.00. The molecule has 1 N–H and O–H groups in total. The second-order valence-electron chi connectivity index (χ2n) is 8.56. The molecule has 3 aromatic carbocycles. The van der Waals surface area contributed by atoms with Crippen LogP contribution in [-0.2, 0) is 19.6 Å². The molecule has 0 saturated heterocycles. The van der Waals surface area contributed by atoms with E-state index in [1.807, 2.05) is 60.7 Å². The first-order valence-corrected chi connectivity index (χ1v) is 11.7. The summed E-state index contributed by atoms with van der Waals surface area (Å²) in [6.45, 7) is 3.12. The standard InChI is InChI=1S/C28H27N5O2/c1-20(9-16-28-30-32-33-31-28)23-6-4-7-26(17-23)34-18-21-10-14-25(15-11-21)35-19-24-13-12-22-5-2-3-8-27(22)29-24/h2-8,10-15,17,20H,9,16,18-19H2,1H3,(H,30,31,32,33). The number of hydrogen-bond donors (Lipinski definition) is 1. The number of para-hydroxylation sites is 1. The van der Waals surface area contributed by atoms with Crippen LogP contribution in [0.15, 0.2) is 84.9 Å². The number of H-pyrrole nitrogens is 1. The molecular weight excluding hydrogens is 438 g/mol. The second kappa shape index (κ2) is 10.8. The van der Waals surface area contributed by atoms with Crippen LogP contribution in [0.4, 0.5) is 0 Å².